The first kappa shape index (κ1) is 21.5. The van der Waals surface area contributed by atoms with E-state index in [1.54, 1.807) is 0 Å². The van der Waals surface area contributed by atoms with Crippen LogP contribution in [0.15, 0.2) is 12.1 Å². The second-order valence-electron chi connectivity index (χ2n) is 5.69. The van der Waals surface area contributed by atoms with E-state index in [-0.39, 0.29) is 36.3 Å². The second kappa shape index (κ2) is 9.60. The molecule has 7 heteroatoms. The molecule has 1 aromatic rings. The molecule has 1 atom stereocenters. The van der Waals surface area contributed by atoms with Gasteiger partial charge in [-0.15, -0.1) is 24.8 Å². The molecule has 1 aliphatic heterocycles. The average molecular weight is 359 g/mol. The number of halogens is 5. The van der Waals surface area contributed by atoms with E-state index in [4.69, 9.17) is 0 Å². The van der Waals surface area contributed by atoms with Gasteiger partial charge in [-0.25, -0.2) is 13.2 Å². The van der Waals surface area contributed by atoms with Crippen LogP contribution in [-0.4, -0.2) is 31.1 Å². The normalized spacial score (nSPS) is 16.8. The number of rotatable bonds is 4. The summed E-state index contributed by atoms with van der Waals surface area (Å²) in [4.78, 5) is 2.04. The predicted octanol–water partition coefficient (Wildman–Crippen LogP) is 3.94. The van der Waals surface area contributed by atoms with Crippen molar-refractivity contribution in [1.29, 1.82) is 0 Å². The number of nitrogens with zero attached hydrogens (tertiary/aromatic N) is 1. The van der Waals surface area contributed by atoms with Crippen LogP contribution in [0, 0.1) is 23.4 Å². The molecule has 2 nitrogen and oxygen atoms in total. The van der Waals surface area contributed by atoms with Gasteiger partial charge in [-0.2, -0.15) is 0 Å². The third-order valence-corrected chi connectivity index (χ3v) is 3.70. The van der Waals surface area contributed by atoms with Crippen molar-refractivity contribution in [3.8, 4) is 0 Å². The highest BCUT2D eigenvalue weighted by Gasteiger charge is 2.29. The van der Waals surface area contributed by atoms with Gasteiger partial charge in [0.25, 0.3) is 0 Å². The lowest BCUT2D eigenvalue weighted by molar-refractivity contribution is 0.147. The van der Waals surface area contributed by atoms with E-state index in [9.17, 15) is 13.2 Å². The Hall–Kier alpha value is -0.490. The van der Waals surface area contributed by atoms with Crippen LogP contribution in [0.1, 0.15) is 31.9 Å². The van der Waals surface area contributed by atoms with Crippen LogP contribution < -0.4 is 5.32 Å². The van der Waals surface area contributed by atoms with Gasteiger partial charge in [0.2, 0.25) is 0 Å². The first-order chi connectivity index (χ1) is 9.50. The SMILES string of the molecule is CC(C)C[C@H](c1c(F)ccc(F)c1F)N1CCNCC1.Cl.Cl. The van der Waals surface area contributed by atoms with E-state index in [2.05, 4.69) is 5.32 Å². The van der Waals surface area contributed by atoms with Crippen molar-refractivity contribution in [1.82, 2.24) is 10.2 Å². The zero-order valence-corrected chi connectivity index (χ0v) is 14.4. The van der Waals surface area contributed by atoms with Crippen LogP contribution in [0.4, 0.5) is 13.2 Å². The van der Waals surface area contributed by atoms with E-state index in [0.717, 1.165) is 25.2 Å². The van der Waals surface area contributed by atoms with Gasteiger partial charge in [0.1, 0.15) is 5.82 Å². The topological polar surface area (TPSA) is 15.3 Å². The van der Waals surface area contributed by atoms with Gasteiger partial charge in [-0.1, -0.05) is 13.8 Å². The summed E-state index contributed by atoms with van der Waals surface area (Å²) in [6.07, 6.45) is 0.608. The van der Waals surface area contributed by atoms with Crippen LogP contribution >= 0.6 is 24.8 Å². The summed E-state index contributed by atoms with van der Waals surface area (Å²) < 4.78 is 41.5. The smallest absolute Gasteiger partial charge is 0.166 e. The number of hydrogen-bond acceptors (Lipinski definition) is 2. The minimum Gasteiger partial charge on any atom is -0.314 e. The highest BCUT2D eigenvalue weighted by atomic mass is 35.5. The fraction of sp³-hybridized carbons (Fsp3) is 0.600. The lowest BCUT2D eigenvalue weighted by atomic mass is 9.94. The Morgan fingerprint density at radius 1 is 1.05 bits per heavy atom. The summed E-state index contributed by atoms with van der Waals surface area (Å²) in [5.41, 5.74) is -0.124. The summed E-state index contributed by atoms with van der Waals surface area (Å²) >= 11 is 0. The third-order valence-electron chi connectivity index (χ3n) is 3.70. The lowest BCUT2D eigenvalue weighted by Crippen LogP contribution is -2.45. The average Bonchev–Trinajstić information content (AvgIpc) is 2.43. The highest BCUT2D eigenvalue weighted by molar-refractivity contribution is 5.85. The van der Waals surface area contributed by atoms with E-state index < -0.39 is 23.5 Å². The molecule has 0 saturated carbocycles. The van der Waals surface area contributed by atoms with Crippen LogP contribution in [0.5, 0.6) is 0 Å². The number of hydrogen-bond donors (Lipinski definition) is 1. The van der Waals surface area contributed by atoms with Crippen molar-refractivity contribution < 1.29 is 13.2 Å². The Bertz CT molecular complexity index is 466. The lowest BCUT2D eigenvalue weighted by Gasteiger charge is -2.36. The Kier molecular flexibility index (Phi) is 9.39. The van der Waals surface area contributed by atoms with Crippen molar-refractivity contribution >= 4 is 24.8 Å². The van der Waals surface area contributed by atoms with Crippen molar-refractivity contribution in [2.24, 2.45) is 5.92 Å². The summed E-state index contributed by atoms with van der Waals surface area (Å²) in [7, 11) is 0. The molecule has 22 heavy (non-hydrogen) atoms. The zero-order chi connectivity index (χ0) is 14.7. The standard InChI is InChI=1S/C15H21F3N2.2ClH/c1-10(2)9-13(20-7-5-19-6-8-20)14-11(16)3-4-12(17)15(14)18;;/h3-4,10,13,19H,5-9H2,1-2H3;2*1H/t13-;;/m1../s1. The molecule has 1 N–H and O–H groups in total. The molecule has 1 aromatic carbocycles. The first-order valence-electron chi connectivity index (χ1n) is 7.09. The molecule has 0 aromatic heterocycles. The summed E-state index contributed by atoms with van der Waals surface area (Å²) in [6.45, 7) is 7.01. The van der Waals surface area contributed by atoms with Gasteiger partial charge in [0, 0.05) is 37.8 Å². The molecule has 1 heterocycles. The molecular weight excluding hydrogens is 336 g/mol. The number of nitrogens with one attached hydrogen (secondary N) is 1. The predicted molar refractivity (Wildman–Crippen MR) is 87.5 cm³/mol. The molecule has 1 aliphatic rings. The second-order valence-corrected chi connectivity index (χ2v) is 5.69. The van der Waals surface area contributed by atoms with E-state index in [1.165, 1.54) is 0 Å². The molecule has 0 aliphatic carbocycles. The minimum atomic E-state index is -1.05. The summed E-state index contributed by atoms with van der Waals surface area (Å²) in [6, 6.07) is 1.45. The largest absolute Gasteiger partial charge is 0.314 e. The monoisotopic (exact) mass is 358 g/mol. The van der Waals surface area contributed by atoms with Gasteiger partial charge < -0.3 is 5.32 Å². The molecule has 1 saturated heterocycles. The van der Waals surface area contributed by atoms with Crippen LogP contribution in [0.2, 0.25) is 0 Å². The van der Waals surface area contributed by atoms with Gasteiger partial charge in [0.15, 0.2) is 11.6 Å². The fourth-order valence-electron chi connectivity index (χ4n) is 2.74. The van der Waals surface area contributed by atoms with Gasteiger partial charge in [-0.3, -0.25) is 4.90 Å². The van der Waals surface area contributed by atoms with Gasteiger partial charge >= 0.3 is 0 Å². The molecule has 0 bridgehead atoms. The molecule has 0 spiro atoms. The van der Waals surface area contributed by atoms with Gasteiger partial charge in [-0.05, 0) is 24.5 Å². The minimum absolute atomic E-state index is 0. The summed E-state index contributed by atoms with van der Waals surface area (Å²) in [5.74, 6) is -2.41. The molecular formula is C15H23Cl2F3N2. The van der Waals surface area contributed by atoms with Crippen LogP contribution in [0.3, 0.4) is 0 Å². The maximum absolute atomic E-state index is 14.1. The summed E-state index contributed by atoms with van der Waals surface area (Å²) in [5, 5.41) is 3.21. The maximum Gasteiger partial charge on any atom is 0.166 e. The fourth-order valence-corrected chi connectivity index (χ4v) is 2.74. The maximum atomic E-state index is 14.1. The van der Waals surface area contributed by atoms with Crippen LogP contribution in [-0.2, 0) is 0 Å². The van der Waals surface area contributed by atoms with Crippen molar-refractivity contribution in [3.05, 3.63) is 35.1 Å². The number of benzene rings is 1. The highest BCUT2D eigenvalue weighted by Crippen LogP contribution is 2.32. The first-order valence-corrected chi connectivity index (χ1v) is 7.09. The molecule has 2 rings (SSSR count). The van der Waals surface area contributed by atoms with Crippen LogP contribution in [0.25, 0.3) is 0 Å². The quantitative estimate of drug-likeness (QED) is 0.820. The van der Waals surface area contributed by atoms with Crippen molar-refractivity contribution in [2.45, 2.75) is 26.3 Å². The van der Waals surface area contributed by atoms with E-state index >= 15 is 0 Å². The van der Waals surface area contributed by atoms with Gasteiger partial charge in [0.05, 0.1) is 0 Å². The zero-order valence-electron chi connectivity index (χ0n) is 12.7. The Balaban J connectivity index is 0.00000220. The van der Waals surface area contributed by atoms with E-state index in [1.807, 2.05) is 18.7 Å². The Morgan fingerprint density at radius 2 is 1.59 bits per heavy atom. The van der Waals surface area contributed by atoms with E-state index in [0.29, 0.717) is 19.5 Å². The van der Waals surface area contributed by atoms with Crippen molar-refractivity contribution in [2.75, 3.05) is 26.2 Å². The molecule has 1 fully saturated rings. The molecule has 0 radical (unpaired) electrons. The number of piperazine rings is 1. The third kappa shape index (κ3) is 5.01. The molecule has 0 unspecified atom stereocenters. The molecule has 0 amide bonds. The Labute approximate surface area is 142 Å². The van der Waals surface area contributed by atoms with Crippen molar-refractivity contribution in [3.63, 3.8) is 0 Å². The Morgan fingerprint density at radius 3 is 2.14 bits per heavy atom. The molecule has 128 valence electrons.